The lowest BCUT2D eigenvalue weighted by Gasteiger charge is -2.29. The molecule has 13 heteroatoms. The Kier molecular flexibility index (Phi) is 11.0. The van der Waals surface area contributed by atoms with Gasteiger partial charge in [0.2, 0.25) is 29.5 Å². The molecule has 0 aliphatic carbocycles. The fourth-order valence-corrected chi connectivity index (χ4v) is 4.10. The summed E-state index contributed by atoms with van der Waals surface area (Å²) in [5, 5.41) is 14.4. The summed E-state index contributed by atoms with van der Waals surface area (Å²) >= 11 is 0. The molecule has 202 valence electrons. The number of primary amides is 2. The molecule has 1 aromatic carbocycles. The molecule has 9 N–H and O–H groups in total. The van der Waals surface area contributed by atoms with Crippen LogP contribution in [0.3, 0.4) is 0 Å². The Labute approximate surface area is 214 Å². The van der Waals surface area contributed by atoms with Gasteiger partial charge in [-0.25, -0.2) is 4.79 Å². The Hall–Kier alpha value is -4.00. The molecule has 37 heavy (non-hydrogen) atoms. The van der Waals surface area contributed by atoms with E-state index in [1.165, 1.54) is 0 Å². The standard InChI is InChI=1S/C24H34N6O7/c25-15(13-14-5-2-1-3-6-14)21(33)28-16(8-10-19(26)31)22(34)29-17(9-11-20(27)32)23(35)30-12-4-7-18(30)24(36)37/h1-3,5-6,15-18H,4,7-13,25H2,(H2,26,31)(H2,27,32)(H,28,33)(H,29,34)(H,36,37). The zero-order chi connectivity index (χ0) is 27.5. The number of aliphatic carboxylic acids is 1. The molecule has 1 aliphatic heterocycles. The summed E-state index contributed by atoms with van der Waals surface area (Å²) in [6, 6.07) is 4.40. The number of carbonyl (C=O) groups excluding carboxylic acids is 5. The number of hydrogen-bond donors (Lipinski definition) is 6. The van der Waals surface area contributed by atoms with Crippen LogP contribution in [0.4, 0.5) is 0 Å². The first kappa shape index (κ1) is 29.2. The van der Waals surface area contributed by atoms with E-state index in [1.54, 1.807) is 24.3 Å². The number of carboxylic acid groups (broad SMARTS) is 1. The highest BCUT2D eigenvalue weighted by Gasteiger charge is 2.38. The number of likely N-dealkylation sites (tertiary alicyclic amines) is 1. The molecule has 13 nitrogen and oxygen atoms in total. The van der Waals surface area contributed by atoms with Crippen molar-refractivity contribution in [2.75, 3.05) is 6.54 Å². The van der Waals surface area contributed by atoms with Crippen LogP contribution < -0.4 is 27.8 Å². The van der Waals surface area contributed by atoms with E-state index >= 15 is 0 Å². The summed E-state index contributed by atoms with van der Waals surface area (Å²) in [5.74, 6) is -4.74. The molecular weight excluding hydrogens is 484 g/mol. The van der Waals surface area contributed by atoms with Gasteiger partial charge in [-0.05, 0) is 37.7 Å². The second-order valence-corrected chi connectivity index (χ2v) is 8.96. The van der Waals surface area contributed by atoms with Crippen LogP contribution in [0.1, 0.15) is 44.1 Å². The molecule has 0 radical (unpaired) electrons. The van der Waals surface area contributed by atoms with Crippen LogP contribution in [0, 0.1) is 0 Å². The predicted octanol–water partition coefficient (Wildman–Crippen LogP) is -1.87. The minimum Gasteiger partial charge on any atom is -0.480 e. The average molecular weight is 519 g/mol. The van der Waals surface area contributed by atoms with Crippen LogP contribution in [-0.4, -0.2) is 76.2 Å². The first-order valence-corrected chi connectivity index (χ1v) is 12.0. The van der Waals surface area contributed by atoms with Crippen LogP contribution in [0.5, 0.6) is 0 Å². The van der Waals surface area contributed by atoms with Crippen LogP contribution in [0.2, 0.25) is 0 Å². The van der Waals surface area contributed by atoms with Gasteiger partial charge in [0.1, 0.15) is 18.1 Å². The fraction of sp³-hybridized carbons (Fsp3) is 0.500. The number of hydrogen-bond acceptors (Lipinski definition) is 7. The largest absolute Gasteiger partial charge is 0.480 e. The molecule has 4 unspecified atom stereocenters. The Morgan fingerprint density at radius 1 is 0.919 bits per heavy atom. The van der Waals surface area contributed by atoms with Gasteiger partial charge in [0, 0.05) is 19.4 Å². The second-order valence-electron chi connectivity index (χ2n) is 8.96. The molecule has 0 aromatic heterocycles. The molecule has 0 spiro atoms. The monoisotopic (exact) mass is 518 g/mol. The van der Waals surface area contributed by atoms with Gasteiger partial charge in [0.05, 0.1) is 6.04 Å². The van der Waals surface area contributed by atoms with Crippen molar-refractivity contribution in [2.45, 2.75) is 69.1 Å². The van der Waals surface area contributed by atoms with Crippen molar-refractivity contribution in [3.05, 3.63) is 35.9 Å². The zero-order valence-corrected chi connectivity index (χ0v) is 20.4. The lowest BCUT2D eigenvalue weighted by Crippen LogP contribution is -2.57. The third-order valence-electron chi connectivity index (χ3n) is 6.06. The third-order valence-corrected chi connectivity index (χ3v) is 6.06. The van der Waals surface area contributed by atoms with E-state index in [9.17, 15) is 33.9 Å². The van der Waals surface area contributed by atoms with Crippen molar-refractivity contribution in [1.82, 2.24) is 15.5 Å². The lowest BCUT2D eigenvalue weighted by molar-refractivity contribution is -0.149. The van der Waals surface area contributed by atoms with Crippen LogP contribution >= 0.6 is 0 Å². The highest BCUT2D eigenvalue weighted by molar-refractivity contribution is 5.94. The number of benzene rings is 1. The van der Waals surface area contributed by atoms with Crippen LogP contribution in [-0.2, 0) is 35.2 Å². The van der Waals surface area contributed by atoms with E-state index in [0.29, 0.717) is 6.42 Å². The Bertz CT molecular complexity index is 1000. The van der Waals surface area contributed by atoms with Gasteiger partial charge in [0.15, 0.2) is 0 Å². The number of nitrogens with zero attached hydrogens (tertiary/aromatic N) is 1. The van der Waals surface area contributed by atoms with Crippen molar-refractivity contribution < 1.29 is 33.9 Å². The number of nitrogens with two attached hydrogens (primary N) is 3. The predicted molar refractivity (Wildman–Crippen MR) is 131 cm³/mol. The molecule has 0 saturated carbocycles. The van der Waals surface area contributed by atoms with Crippen LogP contribution in [0.15, 0.2) is 30.3 Å². The first-order chi connectivity index (χ1) is 17.5. The van der Waals surface area contributed by atoms with E-state index < -0.39 is 59.7 Å². The highest BCUT2D eigenvalue weighted by atomic mass is 16.4. The summed E-state index contributed by atoms with van der Waals surface area (Å²) in [6.45, 7) is 0.176. The van der Waals surface area contributed by atoms with Gasteiger partial charge < -0.3 is 37.8 Å². The van der Waals surface area contributed by atoms with E-state index in [2.05, 4.69) is 10.6 Å². The summed E-state index contributed by atoms with van der Waals surface area (Å²) in [4.78, 5) is 74.4. The summed E-state index contributed by atoms with van der Waals surface area (Å²) in [6.07, 6.45) is 0.101. The maximum Gasteiger partial charge on any atom is 0.326 e. The normalized spacial score (nSPS) is 17.3. The maximum atomic E-state index is 13.1. The van der Waals surface area contributed by atoms with Crippen molar-refractivity contribution in [3.63, 3.8) is 0 Å². The Morgan fingerprint density at radius 2 is 1.49 bits per heavy atom. The number of nitrogens with one attached hydrogen (secondary N) is 2. The maximum absolute atomic E-state index is 13.1. The fourth-order valence-electron chi connectivity index (χ4n) is 4.10. The van der Waals surface area contributed by atoms with Gasteiger partial charge in [-0.1, -0.05) is 30.3 Å². The SMILES string of the molecule is NC(=O)CCC(NC(=O)C(N)Cc1ccccc1)C(=O)NC(CCC(N)=O)C(=O)N1CCCC1C(=O)O. The van der Waals surface area contributed by atoms with Crippen molar-refractivity contribution in [3.8, 4) is 0 Å². The number of rotatable bonds is 14. The number of carbonyl (C=O) groups is 6. The van der Waals surface area contributed by atoms with E-state index in [1.807, 2.05) is 6.07 Å². The first-order valence-electron chi connectivity index (χ1n) is 12.0. The Balaban J connectivity index is 2.16. The van der Waals surface area contributed by atoms with Gasteiger partial charge >= 0.3 is 5.97 Å². The quantitative estimate of drug-likeness (QED) is 0.163. The van der Waals surface area contributed by atoms with Crippen molar-refractivity contribution >= 4 is 35.5 Å². The molecule has 1 aliphatic rings. The lowest BCUT2D eigenvalue weighted by atomic mass is 10.0. The molecule has 0 bridgehead atoms. The molecule has 1 aromatic rings. The van der Waals surface area contributed by atoms with Crippen molar-refractivity contribution in [1.29, 1.82) is 0 Å². The molecular formula is C24H34N6O7. The Morgan fingerprint density at radius 3 is 2.05 bits per heavy atom. The van der Waals surface area contributed by atoms with E-state index in [0.717, 1.165) is 10.5 Å². The third kappa shape index (κ3) is 9.18. The summed E-state index contributed by atoms with van der Waals surface area (Å²) in [7, 11) is 0. The summed E-state index contributed by atoms with van der Waals surface area (Å²) < 4.78 is 0. The van der Waals surface area contributed by atoms with Gasteiger partial charge in [-0.2, -0.15) is 0 Å². The van der Waals surface area contributed by atoms with E-state index in [-0.39, 0.29) is 45.1 Å². The van der Waals surface area contributed by atoms with Crippen LogP contribution in [0.25, 0.3) is 0 Å². The minimum absolute atomic E-state index is 0.164. The minimum atomic E-state index is -1.27. The molecule has 1 heterocycles. The van der Waals surface area contributed by atoms with E-state index in [4.69, 9.17) is 17.2 Å². The number of carboxylic acids is 1. The van der Waals surface area contributed by atoms with Gasteiger partial charge in [0.25, 0.3) is 0 Å². The van der Waals surface area contributed by atoms with Gasteiger partial charge in [-0.3, -0.25) is 24.0 Å². The second kappa shape index (κ2) is 13.9. The molecule has 1 fully saturated rings. The summed E-state index contributed by atoms with van der Waals surface area (Å²) in [5.41, 5.74) is 17.2. The number of amides is 5. The molecule has 1 saturated heterocycles. The molecule has 4 atom stereocenters. The topological polar surface area (TPSA) is 228 Å². The zero-order valence-electron chi connectivity index (χ0n) is 20.4. The van der Waals surface area contributed by atoms with Crippen molar-refractivity contribution in [2.24, 2.45) is 17.2 Å². The molecule has 2 rings (SSSR count). The average Bonchev–Trinajstić information content (AvgIpc) is 3.34. The van der Waals surface area contributed by atoms with Gasteiger partial charge in [-0.15, -0.1) is 0 Å². The molecule has 5 amide bonds. The highest BCUT2D eigenvalue weighted by Crippen LogP contribution is 2.20. The smallest absolute Gasteiger partial charge is 0.326 e.